The molecule has 1 saturated heterocycles. The van der Waals surface area contributed by atoms with Gasteiger partial charge in [0.2, 0.25) is 0 Å². The Labute approximate surface area is 109 Å². The van der Waals surface area contributed by atoms with Crippen LogP contribution in [-0.2, 0) is 4.79 Å². The molecular formula is C11H15ClN2O2S. The largest absolute Gasteiger partial charge is 0.481 e. The van der Waals surface area contributed by atoms with E-state index in [-0.39, 0.29) is 0 Å². The summed E-state index contributed by atoms with van der Waals surface area (Å²) in [4.78, 5) is 17.6. The van der Waals surface area contributed by atoms with Crippen LogP contribution in [0.15, 0.2) is 5.38 Å². The van der Waals surface area contributed by atoms with Gasteiger partial charge in [-0.1, -0.05) is 18.5 Å². The number of aromatic nitrogens is 1. The molecule has 0 bridgehead atoms. The van der Waals surface area contributed by atoms with Gasteiger partial charge in [-0.3, -0.25) is 4.79 Å². The SMILES string of the molecule is CCC1(C(=O)O)CCN(c2nc(Cl)cs2)CC1. The van der Waals surface area contributed by atoms with Gasteiger partial charge >= 0.3 is 5.97 Å². The van der Waals surface area contributed by atoms with E-state index in [2.05, 4.69) is 9.88 Å². The second kappa shape index (κ2) is 4.82. The van der Waals surface area contributed by atoms with Crippen LogP contribution in [0.5, 0.6) is 0 Å². The predicted molar refractivity (Wildman–Crippen MR) is 68.9 cm³/mol. The van der Waals surface area contributed by atoms with Crippen LogP contribution in [0.3, 0.4) is 0 Å². The van der Waals surface area contributed by atoms with Crippen molar-refractivity contribution in [2.75, 3.05) is 18.0 Å². The summed E-state index contributed by atoms with van der Waals surface area (Å²) in [7, 11) is 0. The Hall–Kier alpha value is -0.810. The van der Waals surface area contributed by atoms with Gasteiger partial charge in [-0.05, 0) is 19.3 Å². The van der Waals surface area contributed by atoms with Gasteiger partial charge in [0, 0.05) is 18.5 Å². The molecule has 1 N–H and O–H groups in total. The molecule has 17 heavy (non-hydrogen) atoms. The van der Waals surface area contributed by atoms with Crippen LogP contribution in [0.1, 0.15) is 26.2 Å². The highest BCUT2D eigenvalue weighted by Crippen LogP contribution is 2.37. The number of carbonyl (C=O) groups is 1. The molecule has 0 amide bonds. The minimum absolute atomic E-state index is 0.510. The van der Waals surface area contributed by atoms with Crippen molar-refractivity contribution in [1.29, 1.82) is 0 Å². The Kier molecular flexibility index (Phi) is 3.58. The van der Waals surface area contributed by atoms with Gasteiger partial charge in [-0.15, -0.1) is 11.3 Å². The minimum Gasteiger partial charge on any atom is -0.481 e. The Morgan fingerprint density at radius 3 is 2.71 bits per heavy atom. The van der Waals surface area contributed by atoms with Crippen LogP contribution in [0.2, 0.25) is 5.15 Å². The Bertz CT molecular complexity index is 413. The second-order valence-electron chi connectivity index (χ2n) is 4.38. The molecule has 1 aromatic rings. The number of piperidine rings is 1. The topological polar surface area (TPSA) is 53.4 Å². The molecule has 1 aromatic heterocycles. The first-order valence-corrected chi connectivity index (χ1v) is 6.92. The Morgan fingerprint density at radius 2 is 2.29 bits per heavy atom. The van der Waals surface area contributed by atoms with E-state index in [1.54, 1.807) is 5.38 Å². The van der Waals surface area contributed by atoms with Crippen molar-refractivity contribution in [1.82, 2.24) is 4.98 Å². The maximum atomic E-state index is 11.3. The van der Waals surface area contributed by atoms with E-state index in [9.17, 15) is 9.90 Å². The zero-order valence-electron chi connectivity index (χ0n) is 9.65. The highest BCUT2D eigenvalue weighted by molar-refractivity contribution is 7.14. The molecule has 0 radical (unpaired) electrons. The first-order chi connectivity index (χ1) is 8.07. The molecule has 1 aliphatic heterocycles. The van der Waals surface area contributed by atoms with Crippen molar-refractivity contribution in [3.05, 3.63) is 10.5 Å². The van der Waals surface area contributed by atoms with Gasteiger partial charge < -0.3 is 10.0 Å². The molecule has 0 unspecified atom stereocenters. The Morgan fingerprint density at radius 1 is 1.65 bits per heavy atom. The number of carboxylic acid groups (broad SMARTS) is 1. The number of hydrogen-bond donors (Lipinski definition) is 1. The summed E-state index contributed by atoms with van der Waals surface area (Å²) in [5.41, 5.74) is -0.544. The summed E-state index contributed by atoms with van der Waals surface area (Å²) in [5, 5.41) is 12.5. The maximum Gasteiger partial charge on any atom is 0.309 e. The lowest BCUT2D eigenvalue weighted by molar-refractivity contribution is -0.150. The molecule has 0 spiro atoms. The molecule has 0 atom stereocenters. The minimum atomic E-state index is -0.670. The molecule has 0 saturated carbocycles. The van der Waals surface area contributed by atoms with E-state index >= 15 is 0 Å². The van der Waals surface area contributed by atoms with Gasteiger partial charge in [0.05, 0.1) is 5.41 Å². The summed E-state index contributed by atoms with van der Waals surface area (Å²) < 4.78 is 0. The van der Waals surface area contributed by atoms with Crippen molar-refractivity contribution >= 4 is 34.0 Å². The van der Waals surface area contributed by atoms with Crippen molar-refractivity contribution in [3.63, 3.8) is 0 Å². The summed E-state index contributed by atoms with van der Waals surface area (Å²) in [6.07, 6.45) is 2.04. The molecule has 0 aliphatic carbocycles. The lowest BCUT2D eigenvalue weighted by atomic mass is 9.76. The predicted octanol–water partition coefficient (Wildman–Crippen LogP) is 2.88. The van der Waals surface area contributed by atoms with Crippen LogP contribution in [-0.4, -0.2) is 29.1 Å². The number of rotatable bonds is 3. The number of carboxylic acids is 1. The van der Waals surface area contributed by atoms with Gasteiger partial charge in [0.25, 0.3) is 0 Å². The van der Waals surface area contributed by atoms with Crippen LogP contribution < -0.4 is 4.90 Å². The van der Waals surface area contributed by atoms with E-state index in [1.165, 1.54) is 11.3 Å². The lowest BCUT2D eigenvalue weighted by Crippen LogP contribution is -2.44. The van der Waals surface area contributed by atoms with E-state index in [1.807, 2.05) is 6.92 Å². The summed E-state index contributed by atoms with van der Waals surface area (Å²) >= 11 is 7.30. The number of anilines is 1. The zero-order chi connectivity index (χ0) is 12.5. The molecular weight excluding hydrogens is 260 g/mol. The maximum absolute atomic E-state index is 11.3. The smallest absolute Gasteiger partial charge is 0.309 e. The molecule has 0 aromatic carbocycles. The number of aliphatic carboxylic acids is 1. The third-order valence-corrected chi connectivity index (χ3v) is 4.81. The summed E-state index contributed by atoms with van der Waals surface area (Å²) in [6.45, 7) is 3.43. The van der Waals surface area contributed by atoms with E-state index in [0.717, 1.165) is 18.2 Å². The highest BCUT2D eigenvalue weighted by Gasteiger charge is 2.40. The fourth-order valence-corrected chi connectivity index (χ4v) is 3.24. The fraction of sp³-hybridized carbons (Fsp3) is 0.636. The molecule has 2 heterocycles. The van der Waals surface area contributed by atoms with E-state index < -0.39 is 11.4 Å². The van der Waals surface area contributed by atoms with E-state index in [4.69, 9.17) is 11.6 Å². The van der Waals surface area contributed by atoms with Gasteiger partial charge in [-0.25, -0.2) is 4.98 Å². The van der Waals surface area contributed by atoms with Crippen LogP contribution >= 0.6 is 22.9 Å². The third kappa shape index (κ3) is 2.40. The zero-order valence-corrected chi connectivity index (χ0v) is 11.2. The number of thiazole rings is 1. The molecule has 6 heteroatoms. The monoisotopic (exact) mass is 274 g/mol. The average Bonchev–Trinajstić information content (AvgIpc) is 2.76. The quantitative estimate of drug-likeness (QED) is 0.921. The number of hydrogen-bond acceptors (Lipinski definition) is 4. The lowest BCUT2D eigenvalue weighted by Gasteiger charge is -2.38. The molecule has 94 valence electrons. The normalized spacial score (nSPS) is 19.3. The van der Waals surface area contributed by atoms with Gasteiger partial charge in [-0.2, -0.15) is 0 Å². The fourth-order valence-electron chi connectivity index (χ4n) is 2.24. The molecule has 2 rings (SSSR count). The van der Waals surface area contributed by atoms with Crippen molar-refractivity contribution < 1.29 is 9.90 Å². The van der Waals surface area contributed by atoms with Crippen molar-refractivity contribution in [3.8, 4) is 0 Å². The summed E-state index contributed by atoms with van der Waals surface area (Å²) in [5.74, 6) is -0.670. The van der Waals surface area contributed by atoms with E-state index in [0.29, 0.717) is 24.4 Å². The first-order valence-electron chi connectivity index (χ1n) is 5.67. The number of halogens is 1. The van der Waals surface area contributed by atoms with Crippen molar-refractivity contribution in [2.45, 2.75) is 26.2 Å². The summed E-state index contributed by atoms with van der Waals surface area (Å²) in [6, 6.07) is 0. The van der Waals surface area contributed by atoms with Crippen molar-refractivity contribution in [2.24, 2.45) is 5.41 Å². The first kappa shape index (κ1) is 12.6. The van der Waals surface area contributed by atoms with Crippen LogP contribution in [0.25, 0.3) is 0 Å². The van der Waals surface area contributed by atoms with Crippen LogP contribution in [0, 0.1) is 5.41 Å². The number of nitrogens with zero attached hydrogens (tertiary/aromatic N) is 2. The molecule has 1 fully saturated rings. The van der Waals surface area contributed by atoms with Gasteiger partial charge in [0.15, 0.2) is 5.13 Å². The highest BCUT2D eigenvalue weighted by atomic mass is 35.5. The Balaban J connectivity index is 2.05. The van der Waals surface area contributed by atoms with Gasteiger partial charge in [0.1, 0.15) is 5.15 Å². The second-order valence-corrected chi connectivity index (χ2v) is 5.60. The molecule has 4 nitrogen and oxygen atoms in total. The molecule has 1 aliphatic rings. The van der Waals surface area contributed by atoms with Crippen LogP contribution in [0.4, 0.5) is 5.13 Å². The standard InChI is InChI=1S/C11H15ClN2O2S/c1-2-11(9(15)16)3-5-14(6-4-11)10-13-8(12)7-17-10/h7H,2-6H2,1H3,(H,15,16). The average molecular weight is 275 g/mol. The third-order valence-electron chi connectivity index (χ3n) is 3.59.